The number of ketones is 1. The molecule has 4 heteroatoms. The van der Waals surface area contributed by atoms with Gasteiger partial charge in [0, 0.05) is 18.7 Å². The van der Waals surface area contributed by atoms with Gasteiger partial charge in [0.2, 0.25) is 0 Å². The Balaban J connectivity index is 2.13. The summed E-state index contributed by atoms with van der Waals surface area (Å²) in [6.07, 6.45) is 2.21. The average Bonchev–Trinajstić information content (AvgIpc) is 2.41. The van der Waals surface area contributed by atoms with Crippen LogP contribution in [0.15, 0.2) is 18.2 Å². The first kappa shape index (κ1) is 13.9. The van der Waals surface area contributed by atoms with E-state index in [1.807, 2.05) is 0 Å². The molecule has 0 atom stereocenters. The van der Waals surface area contributed by atoms with Gasteiger partial charge in [0.25, 0.3) is 0 Å². The molecule has 1 aliphatic rings. The van der Waals surface area contributed by atoms with Gasteiger partial charge in [-0.2, -0.15) is 0 Å². The summed E-state index contributed by atoms with van der Waals surface area (Å²) in [5, 5.41) is 0. The lowest BCUT2D eigenvalue weighted by molar-refractivity contribution is 0.101. The number of hydrogen-bond acceptors (Lipinski definition) is 4. The van der Waals surface area contributed by atoms with Crippen LogP contribution >= 0.6 is 0 Å². The van der Waals surface area contributed by atoms with Crippen molar-refractivity contribution >= 4 is 5.78 Å². The fourth-order valence-corrected chi connectivity index (χ4v) is 2.27. The standard InChI is InChI=1S/C15H21NO3/c1-11(17)12-4-5-14(18-3)15(10-12)19-13-6-8-16(2)9-7-13/h4-5,10,13H,6-9H2,1-3H3. The Morgan fingerprint density at radius 1 is 1.26 bits per heavy atom. The SMILES string of the molecule is COc1ccc(C(C)=O)cc1OC1CCN(C)CC1. The number of methoxy groups -OCH3 is 1. The number of likely N-dealkylation sites (tertiary alicyclic amines) is 1. The van der Waals surface area contributed by atoms with Gasteiger partial charge in [-0.05, 0) is 45.0 Å². The molecule has 0 spiro atoms. The van der Waals surface area contributed by atoms with E-state index in [2.05, 4.69) is 11.9 Å². The summed E-state index contributed by atoms with van der Waals surface area (Å²) in [5.41, 5.74) is 0.656. The fourth-order valence-electron chi connectivity index (χ4n) is 2.27. The third-order valence-electron chi connectivity index (χ3n) is 3.53. The van der Waals surface area contributed by atoms with Crippen molar-refractivity contribution in [2.45, 2.75) is 25.9 Å². The second-order valence-corrected chi connectivity index (χ2v) is 5.04. The third-order valence-corrected chi connectivity index (χ3v) is 3.53. The van der Waals surface area contributed by atoms with Crippen LogP contribution in [0.4, 0.5) is 0 Å². The van der Waals surface area contributed by atoms with E-state index in [0.29, 0.717) is 17.1 Å². The molecule has 0 aliphatic carbocycles. The lowest BCUT2D eigenvalue weighted by Gasteiger charge is -2.29. The van der Waals surface area contributed by atoms with Crippen LogP contribution in [-0.4, -0.2) is 44.0 Å². The smallest absolute Gasteiger partial charge is 0.162 e. The zero-order chi connectivity index (χ0) is 13.8. The van der Waals surface area contributed by atoms with Gasteiger partial charge in [0.05, 0.1) is 7.11 Å². The molecule has 1 heterocycles. The number of rotatable bonds is 4. The van der Waals surface area contributed by atoms with E-state index >= 15 is 0 Å². The van der Waals surface area contributed by atoms with Crippen molar-refractivity contribution in [1.82, 2.24) is 4.90 Å². The lowest BCUT2D eigenvalue weighted by atomic mass is 10.1. The van der Waals surface area contributed by atoms with Gasteiger partial charge in [-0.3, -0.25) is 4.79 Å². The van der Waals surface area contributed by atoms with Gasteiger partial charge >= 0.3 is 0 Å². The molecule has 0 amide bonds. The van der Waals surface area contributed by atoms with Crippen molar-refractivity contribution in [2.75, 3.05) is 27.2 Å². The molecule has 1 aromatic rings. The Bertz CT molecular complexity index is 451. The highest BCUT2D eigenvalue weighted by Crippen LogP contribution is 2.30. The van der Waals surface area contributed by atoms with E-state index < -0.39 is 0 Å². The van der Waals surface area contributed by atoms with E-state index in [-0.39, 0.29) is 11.9 Å². The van der Waals surface area contributed by atoms with E-state index in [0.717, 1.165) is 25.9 Å². The molecule has 104 valence electrons. The largest absolute Gasteiger partial charge is 0.493 e. The quantitative estimate of drug-likeness (QED) is 0.782. The van der Waals surface area contributed by atoms with Crippen LogP contribution < -0.4 is 9.47 Å². The molecule has 4 nitrogen and oxygen atoms in total. The topological polar surface area (TPSA) is 38.8 Å². The minimum atomic E-state index is 0.0379. The Labute approximate surface area is 114 Å². The minimum absolute atomic E-state index is 0.0379. The van der Waals surface area contributed by atoms with Gasteiger partial charge in [-0.15, -0.1) is 0 Å². The Hall–Kier alpha value is -1.55. The Morgan fingerprint density at radius 2 is 1.95 bits per heavy atom. The molecule has 0 N–H and O–H groups in total. The summed E-state index contributed by atoms with van der Waals surface area (Å²) in [6.45, 7) is 3.64. The number of Topliss-reactive ketones (excluding diaryl/α,β-unsaturated/α-hetero) is 1. The van der Waals surface area contributed by atoms with E-state index in [1.54, 1.807) is 32.2 Å². The zero-order valence-corrected chi connectivity index (χ0v) is 11.8. The minimum Gasteiger partial charge on any atom is -0.493 e. The van der Waals surface area contributed by atoms with Crippen LogP contribution in [0.2, 0.25) is 0 Å². The zero-order valence-electron chi connectivity index (χ0n) is 11.8. The van der Waals surface area contributed by atoms with Crippen molar-refractivity contribution in [3.8, 4) is 11.5 Å². The average molecular weight is 263 g/mol. The number of nitrogens with zero attached hydrogens (tertiary/aromatic N) is 1. The second kappa shape index (κ2) is 6.06. The van der Waals surface area contributed by atoms with Crippen LogP contribution in [0.25, 0.3) is 0 Å². The highest BCUT2D eigenvalue weighted by Gasteiger charge is 2.20. The van der Waals surface area contributed by atoms with Gasteiger partial charge in [-0.1, -0.05) is 0 Å². The van der Waals surface area contributed by atoms with Gasteiger partial charge in [0.1, 0.15) is 6.10 Å². The first-order chi connectivity index (χ1) is 9.10. The molecule has 0 unspecified atom stereocenters. The summed E-state index contributed by atoms with van der Waals surface area (Å²) in [5.74, 6) is 1.39. The molecule has 0 radical (unpaired) electrons. The maximum atomic E-state index is 11.4. The van der Waals surface area contributed by atoms with Crippen LogP contribution in [0.3, 0.4) is 0 Å². The molecule has 1 fully saturated rings. The summed E-state index contributed by atoms with van der Waals surface area (Å²) in [7, 11) is 3.73. The molecular formula is C15H21NO3. The molecule has 0 aromatic heterocycles. The van der Waals surface area contributed by atoms with Crippen molar-refractivity contribution < 1.29 is 14.3 Å². The molecule has 1 aromatic carbocycles. The number of benzene rings is 1. The normalized spacial score (nSPS) is 17.2. The Morgan fingerprint density at radius 3 is 2.53 bits per heavy atom. The Kier molecular flexibility index (Phi) is 4.43. The number of ether oxygens (including phenoxy) is 2. The maximum Gasteiger partial charge on any atom is 0.162 e. The third kappa shape index (κ3) is 3.47. The summed E-state index contributed by atoms with van der Waals surface area (Å²) < 4.78 is 11.3. The predicted octanol–water partition coefficient (Wildman–Crippen LogP) is 2.37. The van der Waals surface area contributed by atoms with E-state index in [4.69, 9.17) is 9.47 Å². The molecule has 1 aliphatic heterocycles. The summed E-state index contributed by atoms with van der Waals surface area (Å²) >= 11 is 0. The maximum absolute atomic E-state index is 11.4. The van der Waals surface area contributed by atoms with E-state index in [9.17, 15) is 4.79 Å². The van der Waals surface area contributed by atoms with Crippen molar-refractivity contribution in [2.24, 2.45) is 0 Å². The second-order valence-electron chi connectivity index (χ2n) is 5.04. The van der Waals surface area contributed by atoms with Crippen molar-refractivity contribution in [1.29, 1.82) is 0 Å². The van der Waals surface area contributed by atoms with Gasteiger partial charge in [0.15, 0.2) is 17.3 Å². The lowest BCUT2D eigenvalue weighted by Crippen LogP contribution is -2.35. The van der Waals surface area contributed by atoms with Gasteiger partial charge < -0.3 is 14.4 Å². The first-order valence-corrected chi connectivity index (χ1v) is 6.64. The first-order valence-electron chi connectivity index (χ1n) is 6.64. The van der Waals surface area contributed by atoms with Crippen LogP contribution in [0, 0.1) is 0 Å². The number of piperidine rings is 1. The van der Waals surface area contributed by atoms with E-state index in [1.165, 1.54) is 0 Å². The molecule has 19 heavy (non-hydrogen) atoms. The number of carbonyl (C=O) groups is 1. The van der Waals surface area contributed by atoms with Crippen LogP contribution in [0.1, 0.15) is 30.1 Å². The molecular weight excluding hydrogens is 242 g/mol. The monoisotopic (exact) mass is 263 g/mol. The predicted molar refractivity (Wildman–Crippen MR) is 74.1 cm³/mol. The van der Waals surface area contributed by atoms with Crippen LogP contribution in [-0.2, 0) is 0 Å². The summed E-state index contributed by atoms with van der Waals surface area (Å²) in [4.78, 5) is 13.7. The van der Waals surface area contributed by atoms with Crippen molar-refractivity contribution in [3.05, 3.63) is 23.8 Å². The number of hydrogen-bond donors (Lipinski definition) is 0. The molecule has 0 saturated carbocycles. The van der Waals surface area contributed by atoms with Crippen LogP contribution in [0.5, 0.6) is 11.5 Å². The van der Waals surface area contributed by atoms with Gasteiger partial charge in [-0.25, -0.2) is 0 Å². The molecule has 0 bridgehead atoms. The fraction of sp³-hybridized carbons (Fsp3) is 0.533. The number of carbonyl (C=O) groups excluding carboxylic acids is 1. The highest BCUT2D eigenvalue weighted by atomic mass is 16.5. The molecule has 2 rings (SSSR count). The molecule has 1 saturated heterocycles. The summed E-state index contributed by atoms with van der Waals surface area (Å²) in [6, 6.07) is 5.34. The van der Waals surface area contributed by atoms with Crippen molar-refractivity contribution in [3.63, 3.8) is 0 Å². The highest BCUT2D eigenvalue weighted by molar-refractivity contribution is 5.94.